The van der Waals surface area contributed by atoms with Gasteiger partial charge in [-0.05, 0) is 31.0 Å². The molecule has 1 aliphatic carbocycles. The van der Waals surface area contributed by atoms with E-state index in [1.807, 2.05) is 0 Å². The Morgan fingerprint density at radius 1 is 1.29 bits per heavy atom. The normalized spacial score (nSPS) is 16.0. The predicted octanol–water partition coefficient (Wildman–Crippen LogP) is 2.35. The highest BCUT2D eigenvalue weighted by molar-refractivity contribution is 8.13. The first-order chi connectivity index (χ1) is 9.79. The van der Waals surface area contributed by atoms with Gasteiger partial charge in [0.15, 0.2) is 0 Å². The molecule has 1 aromatic rings. The van der Waals surface area contributed by atoms with Crippen LogP contribution in [0.4, 0.5) is 5.69 Å². The lowest BCUT2D eigenvalue weighted by atomic mass is 10.1. The first-order valence-electron chi connectivity index (χ1n) is 6.86. The van der Waals surface area contributed by atoms with Crippen LogP contribution in [0.15, 0.2) is 23.1 Å². The second-order valence-electron chi connectivity index (χ2n) is 5.47. The molecule has 0 bridgehead atoms. The maximum atomic E-state index is 12.2. The highest BCUT2D eigenvalue weighted by Gasteiger charge is 2.22. The van der Waals surface area contributed by atoms with Gasteiger partial charge in [0.2, 0.25) is 0 Å². The van der Waals surface area contributed by atoms with Crippen LogP contribution < -0.4 is 10.2 Å². The summed E-state index contributed by atoms with van der Waals surface area (Å²) in [6.45, 7) is 0. The number of carbonyl (C=O) groups is 1. The minimum Gasteiger partial charge on any atom is -0.377 e. The maximum absolute atomic E-state index is 12.2. The van der Waals surface area contributed by atoms with Crippen LogP contribution in [-0.4, -0.2) is 34.5 Å². The van der Waals surface area contributed by atoms with Gasteiger partial charge in [-0.3, -0.25) is 4.79 Å². The number of anilines is 1. The first kappa shape index (κ1) is 16.1. The third-order valence-electron chi connectivity index (χ3n) is 3.66. The second-order valence-corrected chi connectivity index (χ2v) is 8.00. The van der Waals surface area contributed by atoms with Gasteiger partial charge in [-0.25, -0.2) is 8.42 Å². The summed E-state index contributed by atoms with van der Waals surface area (Å²) in [7, 11) is 5.00. The second kappa shape index (κ2) is 6.23. The number of amides is 1. The van der Waals surface area contributed by atoms with Crippen molar-refractivity contribution in [2.24, 2.45) is 0 Å². The Hall–Kier alpha value is -1.27. The maximum Gasteiger partial charge on any atom is 0.263 e. The monoisotopic (exact) mass is 330 g/mol. The molecule has 0 unspecified atom stereocenters. The van der Waals surface area contributed by atoms with Crippen LogP contribution in [0.25, 0.3) is 0 Å². The minimum absolute atomic E-state index is 0.0479. The summed E-state index contributed by atoms with van der Waals surface area (Å²) in [6, 6.07) is 4.73. The lowest BCUT2D eigenvalue weighted by Crippen LogP contribution is -2.32. The molecule has 1 saturated carbocycles. The van der Waals surface area contributed by atoms with E-state index in [1.165, 1.54) is 6.07 Å². The van der Waals surface area contributed by atoms with Crippen molar-refractivity contribution in [1.82, 2.24) is 5.32 Å². The average molecular weight is 331 g/mol. The van der Waals surface area contributed by atoms with Crippen LogP contribution in [0.5, 0.6) is 0 Å². The molecule has 0 aromatic heterocycles. The van der Waals surface area contributed by atoms with Crippen molar-refractivity contribution in [3.63, 3.8) is 0 Å². The number of benzene rings is 1. The summed E-state index contributed by atoms with van der Waals surface area (Å²) in [5, 5.41) is 2.93. The van der Waals surface area contributed by atoms with E-state index in [0.717, 1.165) is 25.7 Å². The summed E-state index contributed by atoms with van der Waals surface area (Å²) in [6.07, 6.45) is 4.18. The lowest BCUT2D eigenvalue weighted by molar-refractivity contribution is 0.0937. The van der Waals surface area contributed by atoms with E-state index in [9.17, 15) is 13.2 Å². The number of nitrogens with one attached hydrogen (secondary N) is 1. The molecule has 1 aliphatic rings. The third kappa shape index (κ3) is 3.89. The van der Waals surface area contributed by atoms with Gasteiger partial charge in [0.1, 0.15) is 4.90 Å². The molecule has 1 aromatic carbocycles. The Morgan fingerprint density at radius 2 is 1.90 bits per heavy atom. The Labute approximate surface area is 129 Å². The molecule has 1 N–H and O–H groups in total. The SMILES string of the molecule is CN(C)c1ccc(C(=O)NC2CCCC2)cc1S(=O)(=O)Cl. The fourth-order valence-corrected chi connectivity index (χ4v) is 3.70. The van der Waals surface area contributed by atoms with Crippen LogP contribution in [0, 0.1) is 0 Å². The summed E-state index contributed by atoms with van der Waals surface area (Å²) >= 11 is 0. The Kier molecular flexibility index (Phi) is 4.78. The van der Waals surface area contributed by atoms with Gasteiger partial charge in [0, 0.05) is 36.4 Å². The van der Waals surface area contributed by atoms with Crippen molar-refractivity contribution in [1.29, 1.82) is 0 Å². The number of carbonyl (C=O) groups excluding carboxylic acids is 1. The van der Waals surface area contributed by atoms with Gasteiger partial charge in [-0.2, -0.15) is 0 Å². The minimum atomic E-state index is -3.91. The molecule has 5 nitrogen and oxygen atoms in total. The third-order valence-corrected chi connectivity index (χ3v) is 5.01. The zero-order chi connectivity index (χ0) is 15.6. The fourth-order valence-electron chi connectivity index (χ4n) is 2.56. The van der Waals surface area contributed by atoms with E-state index in [4.69, 9.17) is 10.7 Å². The van der Waals surface area contributed by atoms with Gasteiger partial charge in [0.25, 0.3) is 15.0 Å². The molecule has 0 radical (unpaired) electrons. The van der Waals surface area contributed by atoms with Crippen molar-refractivity contribution >= 4 is 31.3 Å². The molecule has 2 rings (SSSR count). The summed E-state index contributed by atoms with van der Waals surface area (Å²) in [4.78, 5) is 13.8. The molecule has 0 heterocycles. The highest BCUT2D eigenvalue weighted by Crippen LogP contribution is 2.28. The van der Waals surface area contributed by atoms with Crippen molar-refractivity contribution in [2.45, 2.75) is 36.6 Å². The number of halogens is 1. The number of rotatable bonds is 4. The fraction of sp³-hybridized carbons (Fsp3) is 0.500. The molecule has 1 fully saturated rings. The Morgan fingerprint density at radius 3 is 2.43 bits per heavy atom. The Balaban J connectivity index is 2.30. The molecule has 0 aliphatic heterocycles. The molecule has 1 amide bonds. The topological polar surface area (TPSA) is 66.5 Å². The van der Waals surface area contributed by atoms with E-state index in [1.54, 1.807) is 31.1 Å². The van der Waals surface area contributed by atoms with Gasteiger partial charge < -0.3 is 10.2 Å². The molecule has 21 heavy (non-hydrogen) atoms. The predicted molar refractivity (Wildman–Crippen MR) is 83.5 cm³/mol. The standard InChI is InChI=1S/C14H19ClN2O3S/c1-17(2)12-8-7-10(9-13(12)21(15,19)20)14(18)16-11-5-3-4-6-11/h7-9,11H,3-6H2,1-2H3,(H,16,18). The first-order valence-corrected chi connectivity index (χ1v) is 9.17. The summed E-state index contributed by atoms with van der Waals surface area (Å²) < 4.78 is 23.4. The molecule has 116 valence electrons. The molecule has 7 heteroatoms. The van der Waals surface area contributed by atoms with E-state index >= 15 is 0 Å². The van der Waals surface area contributed by atoms with Crippen molar-refractivity contribution in [2.75, 3.05) is 19.0 Å². The van der Waals surface area contributed by atoms with Crippen LogP contribution in [0.3, 0.4) is 0 Å². The highest BCUT2D eigenvalue weighted by atomic mass is 35.7. The molecule has 0 spiro atoms. The zero-order valence-corrected chi connectivity index (χ0v) is 13.7. The zero-order valence-electron chi connectivity index (χ0n) is 12.1. The van der Waals surface area contributed by atoms with Crippen molar-refractivity contribution in [3.05, 3.63) is 23.8 Å². The van der Waals surface area contributed by atoms with E-state index < -0.39 is 9.05 Å². The Bertz CT molecular complexity index is 638. The molecular weight excluding hydrogens is 312 g/mol. The van der Waals surface area contributed by atoms with Gasteiger partial charge >= 0.3 is 0 Å². The van der Waals surface area contributed by atoms with E-state index in [0.29, 0.717) is 11.3 Å². The molecule has 0 saturated heterocycles. The largest absolute Gasteiger partial charge is 0.377 e. The van der Waals surface area contributed by atoms with E-state index in [2.05, 4.69) is 5.32 Å². The number of nitrogens with zero attached hydrogens (tertiary/aromatic N) is 1. The van der Waals surface area contributed by atoms with Crippen LogP contribution in [-0.2, 0) is 9.05 Å². The van der Waals surface area contributed by atoms with Crippen LogP contribution >= 0.6 is 10.7 Å². The van der Waals surface area contributed by atoms with E-state index in [-0.39, 0.29) is 16.8 Å². The summed E-state index contributed by atoms with van der Waals surface area (Å²) in [5.74, 6) is -0.256. The van der Waals surface area contributed by atoms with Crippen molar-refractivity contribution < 1.29 is 13.2 Å². The van der Waals surface area contributed by atoms with Crippen LogP contribution in [0.1, 0.15) is 36.0 Å². The van der Waals surface area contributed by atoms with Gasteiger partial charge in [0.05, 0.1) is 5.69 Å². The van der Waals surface area contributed by atoms with Crippen LogP contribution in [0.2, 0.25) is 0 Å². The lowest BCUT2D eigenvalue weighted by Gasteiger charge is -2.17. The summed E-state index contributed by atoms with van der Waals surface area (Å²) in [5.41, 5.74) is 0.772. The number of hydrogen-bond donors (Lipinski definition) is 1. The molecule has 0 atom stereocenters. The number of hydrogen-bond acceptors (Lipinski definition) is 4. The van der Waals surface area contributed by atoms with Crippen molar-refractivity contribution in [3.8, 4) is 0 Å². The van der Waals surface area contributed by atoms with Gasteiger partial charge in [-0.1, -0.05) is 12.8 Å². The quantitative estimate of drug-likeness (QED) is 0.861. The molecular formula is C14H19ClN2O3S. The van der Waals surface area contributed by atoms with Gasteiger partial charge in [-0.15, -0.1) is 0 Å². The smallest absolute Gasteiger partial charge is 0.263 e. The average Bonchev–Trinajstić information content (AvgIpc) is 2.89.